The van der Waals surface area contributed by atoms with Crippen molar-refractivity contribution < 1.29 is 51.4 Å². The maximum absolute atomic E-state index is 15.0. The molecule has 0 radical (unpaired) electrons. The number of imide groups is 4. The number of rotatable bonds is 5. The Hall–Kier alpha value is -5.44. The third kappa shape index (κ3) is 4.97. The number of likely N-dealkylation sites (tertiary alicyclic amines) is 1. The van der Waals surface area contributed by atoms with Crippen molar-refractivity contribution in [2.45, 2.75) is 30.5 Å². The highest BCUT2D eigenvalue weighted by Crippen LogP contribution is 2.65. The van der Waals surface area contributed by atoms with E-state index in [1.54, 1.807) is 6.08 Å². The number of carbonyl (C=O) groups excluding carboxylic acids is 5. The molecule has 50 heavy (non-hydrogen) atoms. The van der Waals surface area contributed by atoms with Crippen molar-refractivity contribution >= 4 is 46.9 Å². The number of primary amides is 1. The van der Waals surface area contributed by atoms with Crippen molar-refractivity contribution in [2.24, 2.45) is 29.4 Å². The molecule has 258 valence electrons. The average molecular weight is 713 g/mol. The highest BCUT2D eigenvalue weighted by atomic mass is 35.5. The Kier molecular flexibility index (Phi) is 7.66. The van der Waals surface area contributed by atoms with Crippen molar-refractivity contribution in [3.63, 3.8) is 0 Å². The fraction of sp³-hybridized carbons (Fsp3) is 0.265. The number of urea groups is 1. The summed E-state index contributed by atoms with van der Waals surface area (Å²) in [6.45, 7) is 0. The first-order valence-electron chi connectivity index (χ1n) is 15.3. The second-order valence-corrected chi connectivity index (χ2v) is 12.9. The molecule has 0 spiro atoms. The molecular weight excluding hydrogens is 688 g/mol. The summed E-state index contributed by atoms with van der Waals surface area (Å²) in [7, 11) is 0. The van der Waals surface area contributed by atoms with Gasteiger partial charge in [0.25, 0.3) is 11.8 Å². The van der Waals surface area contributed by atoms with Crippen LogP contribution in [0.2, 0.25) is 5.02 Å². The number of aromatic hydroxyl groups is 1. The van der Waals surface area contributed by atoms with Crippen molar-refractivity contribution in [1.29, 1.82) is 0 Å². The van der Waals surface area contributed by atoms with E-state index in [9.17, 15) is 41.8 Å². The molecule has 0 aromatic heterocycles. The molecule has 3 aromatic rings. The molecule has 16 heteroatoms. The van der Waals surface area contributed by atoms with Crippen molar-refractivity contribution in [3.8, 4) is 11.5 Å². The summed E-state index contributed by atoms with van der Waals surface area (Å²) in [5, 5.41) is 12.3. The first-order chi connectivity index (χ1) is 23.6. The van der Waals surface area contributed by atoms with Gasteiger partial charge in [0.15, 0.2) is 0 Å². The zero-order valence-corrected chi connectivity index (χ0v) is 26.2. The van der Waals surface area contributed by atoms with Gasteiger partial charge in [0.2, 0.25) is 11.8 Å². The fourth-order valence-electron chi connectivity index (χ4n) is 8.18. The highest BCUT2D eigenvalue weighted by Gasteiger charge is 2.71. The van der Waals surface area contributed by atoms with Crippen molar-refractivity contribution in [2.75, 3.05) is 5.43 Å². The quantitative estimate of drug-likeness (QED) is 0.186. The second-order valence-electron chi connectivity index (χ2n) is 12.5. The number of nitrogens with two attached hydrogens (primary N) is 1. The van der Waals surface area contributed by atoms with Crippen LogP contribution in [-0.4, -0.2) is 51.0 Å². The van der Waals surface area contributed by atoms with Gasteiger partial charge >= 0.3 is 12.4 Å². The molecule has 0 bridgehead atoms. The van der Waals surface area contributed by atoms with Gasteiger partial charge in [-0.15, -0.1) is 13.2 Å². The molecular formula is C34H25ClF4N4O7. The smallest absolute Gasteiger partial charge is 0.508 e. The number of phenols is 1. The number of fused-ring (bicyclic) bond motifs is 4. The summed E-state index contributed by atoms with van der Waals surface area (Å²) in [5.41, 5.74) is 6.49. The second kappa shape index (κ2) is 11.6. The molecule has 6 unspecified atom stereocenters. The van der Waals surface area contributed by atoms with Crippen LogP contribution in [0.4, 0.5) is 28.0 Å². The van der Waals surface area contributed by atoms with Crippen LogP contribution in [0.15, 0.2) is 78.4 Å². The lowest BCUT2D eigenvalue weighted by molar-refractivity contribution is -0.274. The fourth-order valence-corrected chi connectivity index (χ4v) is 8.30. The minimum atomic E-state index is -5.14. The Balaban J connectivity index is 1.49. The number of hydrogen-bond donors (Lipinski definition) is 3. The summed E-state index contributed by atoms with van der Waals surface area (Å²) < 4.78 is 58.3. The molecule has 2 heterocycles. The number of halogens is 5. The predicted octanol–water partition coefficient (Wildman–Crippen LogP) is 5.15. The van der Waals surface area contributed by atoms with E-state index in [0.29, 0.717) is 4.90 Å². The number of hydrazine groups is 1. The topological polar surface area (TPSA) is 159 Å². The van der Waals surface area contributed by atoms with Crippen LogP contribution in [0.3, 0.4) is 0 Å². The van der Waals surface area contributed by atoms with E-state index in [1.807, 2.05) is 0 Å². The van der Waals surface area contributed by atoms with Crippen LogP contribution in [-0.2, 0) is 24.6 Å². The number of phenolic OH excluding ortho intramolecular Hbond substituents is 1. The molecule has 2 saturated heterocycles. The predicted molar refractivity (Wildman–Crippen MR) is 165 cm³/mol. The van der Waals surface area contributed by atoms with Gasteiger partial charge in [-0.2, -0.15) is 9.91 Å². The lowest BCUT2D eigenvalue weighted by atomic mass is 9.49. The maximum Gasteiger partial charge on any atom is 0.573 e. The number of ether oxygens (including phenoxy) is 1. The van der Waals surface area contributed by atoms with Crippen LogP contribution in [0, 0.1) is 29.5 Å². The summed E-state index contributed by atoms with van der Waals surface area (Å²) in [5.74, 6) is -11.4. The first-order valence-corrected chi connectivity index (χ1v) is 15.6. The summed E-state index contributed by atoms with van der Waals surface area (Å²) >= 11 is 6.21. The number of allylic oxidation sites excluding steroid dienone is 2. The number of hydrogen-bond acceptors (Lipinski definition) is 8. The van der Waals surface area contributed by atoms with Gasteiger partial charge in [-0.05, 0) is 78.9 Å². The third-order valence-corrected chi connectivity index (χ3v) is 10.3. The molecule has 6 amide bonds. The molecule has 2 aliphatic carbocycles. The molecule has 6 atom stereocenters. The van der Waals surface area contributed by atoms with Gasteiger partial charge in [-0.1, -0.05) is 35.4 Å². The van der Waals surface area contributed by atoms with Gasteiger partial charge < -0.3 is 15.6 Å². The van der Waals surface area contributed by atoms with Crippen molar-refractivity contribution in [1.82, 2.24) is 9.91 Å². The van der Waals surface area contributed by atoms with E-state index in [0.717, 1.165) is 35.3 Å². The molecule has 4 N–H and O–H groups in total. The number of nitrogens with zero attached hydrogens (tertiary/aromatic N) is 2. The molecule has 1 saturated carbocycles. The Bertz CT molecular complexity index is 2010. The van der Waals surface area contributed by atoms with Gasteiger partial charge in [0, 0.05) is 16.5 Å². The zero-order valence-electron chi connectivity index (χ0n) is 25.5. The molecule has 3 fully saturated rings. The highest BCUT2D eigenvalue weighted by molar-refractivity contribution is 6.30. The standard InChI is InChI=1S/C34H25ClF4N4O7/c35-16-3-1-15(2-4-16)33-24(29(46)43(31(33)48)41-18-7-5-17(36)6-8-18)14-22-20(10-11-21-26(22)30(47)42(28(21)45)32(40)49)27(33)23-13-19(9-12-25(23)44)50-34(37,38)39/h1-10,12-13,21-22,24,26-27,41,44H,11,14H2,(H2,40,49). The Morgan fingerprint density at radius 2 is 1.64 bits per heavy atom. The Labute approximate surface area is 285 Å². The zero-order chi connectivity index (χ0) is 35.9. The van der Waals surface area contributed by atoms with Crippen LogP contribution < -0.4 is 15.9 Å². The number of alkyl halides is 3. The Morgan fingerprint density at radius 3 is 2.28 bits per heavy atom. The normalized spacial score (nSPS) is 27.5. The average Bonchev–Trinajstić information content (AvgIpc) is 3.44. The number of anilines is 1. The minimum Gasteiger partial charge on any atom is -0.508 e. The van der Waals surface area contributed by atoms with Crippen molar-refractivity contribution in [3.05, 3.63) is 100 Å². The van der Waals surface area contributed by atoms with Crippen LogP contribution in [0.1, 0.15) is 29.9 Å². The van der Waals surface area contributed by atoms with Crippen LogP contribution in [0.25, 0.3) is 0 Å². The summed E-state index contributed by atoms with van der Waals surface area (Å²) in [6.07, 6.45) is -3.93. The van der Waals surface area contributed by atoms with E-state index in [2.05, 4.69) is 10.2 Å². The van der Waals surface area contributed by atoms with E-state index >= 15 is 4.79 Å². The van der Waals surface area contributed by atoms with Crippen LogP contribution >= 0.6 is 11.6 Å². The van der Waals surface area contributed by atoms with Gasteiger partial charge in [-0.3, -0.25) is 24.6 Å². The maximum atomic E-state index is 15.0. The van der Waals surface area contributed by atoms with E-state index in [1.165, 1.54) is 36.4 Å². The third-order valence-electron chi connectivity index (χ3n) is 10.0. The van der Waals surface area contributed by atoms with E-state index in [-0.39, 0.29) is 40.3 Å². The van der Waals surface area contributed by atoms with Gasteiger partial charge in [-0.25, -0.2) is 9.18 Å². The number of amides is 6. The SMILES string of the molecule is NC(=O)N1C(=O)C2CC=C3C(CC4C(=O)N(Nc5ccc(F)cc5)C(=O)C4(c4ccc(Cl)cc4)C3c3cc(OC(F)(F)F)ccc3O)C2C1=O. The monoisotopic (exact) mass is 712 g/mol. The van der Waals surface area contributed by atoms with E-state index < -0.39 is 88.3 Å². The van der Waals surface area contributed by atoms with E-state index in [4.69, 9.17) is 17.3 Å². The minimum absolute atomic E-state index is 0.123. The lowest BCUT2D eigenvalue weighted by Crippen LogP contribution is -2.53. The molecule has 4 aliphatic rings. The molecule has 11 nitrogen and oxygen atoms in total. The van der Waals surface area contributed by atoms with Gasteiger partial charge in [0.1, 0.15) is 17.3 Å². The molecule has 7 rings (SSSR count). The lowest BCUT2D eigenvalue weighted by Gasteiger charge is -2.50. The summed E-state index contributed by atoms with van der Waals surface area (Å²) in [6, 6.07) is 12.0. The first kappa shape index (κ1) is 33.1. The van der Waals surface area contributed by atoms with Gasteiger partial charge in [0.05, 0.1) is 28.9 Å². The molecule has 3 aromatic carbocycles. The molecule has 2 aliphatic heterocycles. The number of benzene rings is 3. The summed E-state index contributed by atoms with van der Waals surface area (Å²) in [4.78, 5) is 69.0. The van der Waals surface area contributed by atoms with Crippen LogP contribution in [0.5, 0.6) is 11.5 Å². The largest absolute Gasteiger partial charge is 0.573 e. The number of nitrogens with one attached hydrogen (secondary N) is 1. The number of carbonyl (C=O) groups is 5. The Morgan fingerprint density at radius 1 is 0.960 bits per heavy atom.